The maximum atomic E-state index is 15.0. The van der Waals surface area contributed by atoms with Crippen molar-refractivity contribution in [2.75, 3.05) is 62.2 Å². The van der Waals surface area contributed by atoms with Gasteiger partial charge >= 0.3 is 24.3 Å². The number of esters is 2. The van der Waals surface area contributed by atoms with Gasteiger partial charge in [-0.25, -0.2) is 18.4 Å². The van der Waals surface area contributed by atoms with Crippen LogP contribution in [0, 0.1) is 23.5 Å². The summed E-state index contributed by atoms with van der Waals surface area (Å²) in [5.74, 6) is -5.99. The Morgan fingerprint density at radius 1 is 0.475 bits per heavy atom. The number of carbonyl (C=O) groups excluding carboxylic acids is 4. The number of anilines is 4. The van der Waals surface area contributed by atoms with Crippen molar-refractivity contribution in [3.8, 4) is 11.5 Å². The van der Waals surface area contributed by atoms with Crippen molar-refractivity contribution in [2.45, 2.75) is 70.5 Å². The van der Waals surface area contributed by atoms with Crippen molar-refractivity contribution in [1.29, 1.82) is 0 Å². The Labute approximate surface area is 464 Å². The number of carbonyl (C=O) groups is 4. The van der Waals surface area contributed by atoms with Crippen LogP contribution in [0.2, 0.25) is 0 Å². The maximum Gasteiger partial charge on any atom is 0.420 e. The molecule has 20 heteroatoms. The molecule has 10 nitrogen and oxygen atoms in total. The minimum absolute atomic E-state index is 0.0403. The lowest BCUT2D eigenvalue weighted by molar-refractivity contribution is -0.142. The highest BCUT2D eigenvalue weighted by atomic mass is 32.2. The third kappa shape index (κ3) is 12.6. The number of rotatable bonds is 16. The Kier molecular flexibility index (Phi) is 16.9. The number of Topliss-reactive ketones (excluding diaryl/α,β-unsaturated/α-hetero) is 2. The molecule has 6 aromatic carbocycles. The molecule has 10 rings (SSSR count). The Morgan fingerprint density at radius 2 is 0.838 bits per heavy atom. The zero-order valence-electron chi connectivity index (χ0n) is 42.8. The van der Waals surface area contributed by atoms with E-state index in [-0.39, 0.29) is 47.9 Å². The first kappa shape index (κ1) is 56.3. The lowest BCUT2D eigenvalue weighted by Gasteiger charge is -2.36. The first-order chi connectivity index (χ1) is 38.4. The monoisotopic (exact) mass is 1140 g/mol. The van der Waals surface area contributed by atoms with E-state index in [2.05, 4.69) is 9.80 Å². The van der Waals surface area contributed by atoms with Gasteiger partial charge in [0.25, 0.3) is 0 Å². The number of hydrogen-bond acceptors (Lipinski definition) is 12. The summed E-state index contributed by atoms with van der Waals surface area (Å²) in [6.45, 7) is 3.73. The Balaban J connectivity index is 0.847. The van der Waals surface area contributed by atoms with E-state index in [1.807, 2.05) is 12.1 Å². The first-order valence-electron chi connectivity index (χ1n) is 26.1. The summed E-state index contributed by atoms with van der Waals surface area (Å²) in [6, 6.07) is 29.2. The van der Waals surface area contributed by atoms with Gasteiger partial charge in [-0.3, -0.25) is 9.59 Å². The van der Waals surface area contributed by atoms with Gasteiger partial charge in [0.2, 0.25) is 0 Å². The number of ketones is 2. The van der Waals surface area contributed by atoms with Crippen molar-refractivity contribution in [1.82, 2.24) is 9.80 Å². The highest BCUT2D eigenvalue weighted by Crippen LogP contribution is 2.57. The van der Waals surface area contributed by atoms with E-state index >= 15 is 0 Å². The van der Waals surface area contributed by atoms with Gasteiger partial charge in [0.05, 0.1) is 22.7 Å². The number of alkyl halides is 6. The summed E-state index contributed by atoms with van der Waals surface area (Å²) in [5, 5.41) is 0. The topological polar surface area (TPSA) is 99.7 Å². The molecule has 0 N–H and O–H groups in total. The SMILES string of the molecule is O=C(/C=C/C(=O)Oc1c(C(F)(F)F)ccc2c1N(CCCN1CCC(C(=O)c3ccc(F)cc3)CC1)c1ccccc1S2)Oc1c(C(F)(F)F)ccc2c1N(CCCN1CCC(C(=O)c3ccc(F)cc3)CC1)c1ccccc1S2. The van der Waals surface area contributed by atoms with E-state index in [1.165, 1.54) is 84.2 Å². The largest absolute Gasteiger partial charge is 0.420 e. The molecule has 0 bridgehead atoms. The maximum absolute atomic E-state index is 15.0. The van der Waals surface area contributed by atoms with E-state index in [4.69, 9.17) is 9.47 Å². The van der Waals surface area contributed by atoms with Gasteiger partial charge in [0.15, 0.2) is 23.1 Å². The summed E-state index contributed by atoms with van der Waals surface area (Å²) in [4.78, 5) is 63.5. The number of piperidine rings is 2. The van der Waals surface area contributed by atoms with Crippen LogP contribution in [0.25, 0.3) is 0 Å². The van der Waals surface area contributed by atoms with Crippen LogP contribution in [0.1, 0.15) is 70.4 Å². The number of para-hydroxylation sites is 2. The number of nitrogens with zero attached hydrogens (tertiary/aromatic N) is 4. The highest BCUT2D eigenvalue weighted by Gasteiger charge is 2.42. The number of hydrogen-bond donors (Lipinski definition) is 0. The molecule has 2 fully saturated rings. The van der Waals surface area contributed by atoms with Gasteiger partial charge in [-0.05, 0) is 175 Å². The van der Waals surface area contributed by atoms with Crippen LogP contribution in [-0.2, 0) is 21.9 Å². The minimum atomic E-state index is -5.03. The van der Waals surface area contributed by atoms with Gasteiger partial charge in [-0.2, -0.15) is 26.3 Å². The van der Waals surface area contributed by atoms with Crippen LogP contribution in [0.15, 0.2) is 153 Å². The van der Waals surface area contributed by atoms with Crippen LogP contribution in [-0.4, -0.2) is 85.7 Å². The molecule has 416 valence electrons. The Bertz CT molecular complexity index is 3100. The van der Waals surface area contributed by atoms with Crippen LogP contribution in [0.3, 0.4) is 0 Å². The molecular weight excluding hydrogens is 1090 g/mol. The van der Waals surface area contributed by atoms with Crippen LogP contribution in [0.4, 0.5) is 57.9 Å². The molecule has 0 aromatic heterocycles. The molecule has 0 aliphatic carbocycles. The summed E-state index contributed by atoms with van der Waals surface area (Å²) in [7, 11) is 0. The second-order valence-electron chi connectivity index (χ2n) is 19.9. The Hall–Kier alpha value is -7.00. The molecule has 0 atom stereocenters. The zero-order valence-corrected chi connectivity index (χ0v) is 44.5. The molecule has 2 saturated heterocycles. The first-order valence-corrected chi connectivity index (χ1v) is 27.8. The molecule has 0 amide bonds. The van der Waals surface area contributed by atoms with Crippen molar-refractivity contribution in [2.24, 2.45) is 11.8 Å². The highest BCUT2D eigenvalue weighted by molar-refractivity contribution is 8.00. The van der Waals surface area contributed by atoms with Crippen molar-refractivity contribution in [3.63, 3.8) is 0 Å². The smallest absolute Gasteiger partial charge is 0.420 e. The van der Waals surface area contributed by atoms with Crippen molar-refractivity contribution < 1.29 is 63.8 Å². The molecule has 4 aliphatic rings. The fourth-order valence-electron chi connectivity index (χ4n) is 10.8. The lowest BCUT2D eigenvalue weighted by Crippen LogP contribution is -2.38. The van der Waals surface area contributed by atoms with Crippen LogP contribution < -0.4 is 19.3 Å². The third-order valence-corrected chi connectivity index (χ3v) is 17.0. The molecule has 0 spiro atoms. The molecule has 0 saturated carbocycles. The average Bonchev–Trinajstić information content (AvgIpc) is 3.54. The lowest BCUT2D eigenvalue weighted by atomic mass is 9.89. The van der Waals surface area contributed by atoms with Gasteiger partial charge < -0.3 is 29.1 Å². The predicted molar refractivity (Wildman–Crippen MR) is 287 cm³/mol. The molecule has 4 heterocycles. The van der Waals surface area contributed by atoms with E-state index in [9.17, 15) is 54.3 Å². The fourth-order valence-corrected chi connectivity index (χ4v) is 13.0. The molecule has 0 radical (unpaired) electrons. The molecule has 80 heavy (non-hydrogen) atoms. The second kappa shape index (κ2) is 24.0. The predicted octanol–water partition coefficient (Wildman–Crippen LogP) is 14.2. The summed E-state index contributed by atoms with van der Waals surface area (Å²) < 4.78 is 128. The van der Waals surface area contributed by atoms with E-state index in [0.29, 0.717) is 122 Å². The number of likely N-dealkylation sites (tertiary alicyclic amines) is 2. The van der Waals surface area contributed by atoms with E-state index in [0.717, 1.165) is 21.9 Å². The molecule has 0 unspecified atom stereocenters. The molecular formula is C60H52F8N4O6S2. The molecule has 4 aliphatic heterocycles. The average molecular weight is 1140 g/mol. The van der Waals surface area contributed by atoms with Crippen LogP contribution in [0.5, 0.6) is 11.5 Å². The number of benzene rings is 6. The van der Waals surface area contributed by atoms with Crippen LogP contribution >= 0.6 is 23.5 Å². The minimum Gasteiger partial charge on any atom is -0.420 e. The van der Waals surface area contributed by atoms with Crippen molar-refractivity contribution >= 4 is 69.8 Å². The molecule has 6 aromatic rings. The fraction of sp³-hybridized carbons (Fsp3) is 0.300. The zero-order chi connectivity index (χ0) is 56.3. The van der Waals surface area contributed by atoms with Gasteiger partial charge in [-0.1, -0.05) is 47.8 Å². The number of halogens is 8. The summed E-state index contributed by atoms with van der Waals surface area (Å²) in [5.41, 5.74) is -0.636. The number of fused-ring (bicyclic) bond motifs is 4. The number of ether oxygens (including phenoxy) is 2. The Morgan fingerprint density at radius 3 is 1.20 bits per heavy atom. The van der Waals surface area contributed by atoms with Gasteiger partial charge in [0, 0.05) is 67.8 Å². The van der Waals surface area contributed by atoms with Gasteiger partial charge in [0.1, 0.15) is 22.8 Å². The van der Waals surface area contributed by atoms with Gasteiger partial charge in [-0.15, -0.1) is 0 Å². The quantitative estimate of drug-likeness (QED) is 0.0303. The summed E-state index contributed by atoms with van der Waals surface area (Å²) in [6.07, 6.45) is -5.87. The van der Waals surface area contributed by atoms with E-state index < -0.39 is 58.6 Å². The third-order valence-electron chi connectivity index (χ3n) is 14.7. The summed E-state index contributed by atoms with van der Waals surface area (Å²) >= 11 is 2.35. The second-order valence-corrected chi connectivity index (χ2v) is 22.0. The normalized spacial score (nSPS) is 16.2. The standard InChI is InChI=1S/C60H52F8N4O6S2/c61-41-15-11-37(12-16-41)55(75)39-25-33-69(34-26-39)29-5-31-71-45-7-1-3-9-47(45)79-49-21-19-43(59(63,64)65)57(53(49)71)77-51(73)23-24-52(74)78-58-44(60(66,67)68)20-22-50-54(58)72(46-8-2-4-10-48(46)80-50)32-6-30-70-35-27-40(28-36-70)56(76)38-13-17-42(62)18-14-38/h1-4,7-24,39-40H,5-6,25-36H2/b24-23+. The van der Waals surface area contributed by atoms with Crippen molar-refractivity contribution in [3.05, 3.63) is 167 Å². The van der Waals surface area contributed by atoms with E-state index in [1.54, 1.807) is 46.2 Å².